The van der Waals surface area contributed by atoms with Crippen molar-refractivity contribution in [1.29, 1.82) is 0 Å². The van der Waals surface area contributed by atoms with Crippen LogP contribution in [-0.4, -0.2) is 23.7 Å². The second-order valence-electron chi connectivity index (χ2n) is 4.69. The van der Waals surface area contributed by atoms with E-state index in [9.17, 15) is 4.79 Å². The average Bonchev–Trinajstić information content (AvgIpc) is 3.13. The molecule has 1 aliphatic carbocycles. The fourth-order valence-electron chi connectivity index (χ4n) is 2.24. The molecule has 0 aromatic heterocycles. The van der Waals surface area contributed by atoms with Crippen LogP contribution in [-0.2, 0) is 0 Å². The molecule has 0 spiro atoms. The van der Waals surface area contributed by atoms with Crippen molar-refractivity contribution in [3.8, 4) is 5.75 Å². The van der Waals surface area contributed by atoms with E-state index in [1.807, 2.05) is 0 Å². The zero-order valence-electron chi connectivity index (χ0n) is 9.48. The maximum atomic E-state index is 11.0. The second-order valence-corrected chi connectivity index (χ2v) is 4.69. The van der Waals surface area contributed by atoms with Gasteiger partial charge in [-0.2, -0.15) is 0 Å². The highest BCUT2D eigenvalue weighted by Crippen LogP contribution is 2.35. The van der Waals surface area contributed by atoms with Crippen molar-refractivity contribution in [1.82, 2.24) is 5.32 Å². The molecule has 90 valence electrons. The summed E-state index contributed by atoms with van der Waals surface area (Å²) in [5.74, 6) is -0.0667. The number of carboxylic acids is 1. The van der Waals surface area contributed by atoms with Gasteiger partial charge in [0.15, 0.2) is 0 Å². The lowest BCUT2D eigenvalue weighted by molar-refractivity contribution is 0.0696. The molecule has 1 heterocycles. The Morgan fingerprint density at radius 3 is 2.88 bits per heavy atom. The number of hydrogen-bond donors (Lipinski definition) is 2. The zero-order valence-corrected chi connectivity index (χ0v) is 9.48. The maximum Gasteiger partial charge on any atom is 0.335 e. The largest absolute Gasteiger partial charge is 0.493 e. The Labute approximate surface area is 99.6 Å². The molecule has 4 heteroatoms. The van der Waals surface area contributed by atoms with Crippen molar-refractivity contribution in [2.45, 2.75) is 31.3 Å². The van der Waals surface area contributed by atoms with Crippen LogP contribution in [0.2, 0.25) is 0 Å². The van der Waals surface area contributed by atoms with Crippen molar-refractivity contribution in [3.63, 3.8) is 0 Å². The highest BCUT2D eigenvalue weighted by Gasteiger charge is 2.29. The summed E-state index contributed by atoms with van der Waals surface area (Å²) in [6.45, 7) is 0.698. The summed E-state index contributed by atoms with van der Waals surface area (Å²) >= 11 is 0. The monoisotopic (exact) mass is 233 g/mol. The average molecular weight is 233 g/mol. The number of benzene rings is 1. The van der Waals surface area contributed by atoms with Gasteiger partial charge in [-0.05, 0) is 31.0 Å². The normalized spacial score (nSPS) is 22.7. The third-order valence-corrected chi connectivity index (χ3v) is 3.31. The number of ether oxygens (including phenoxy) is 1. The van der Waals surface area contributed by atoms with Gasteiger partial charge in [-0.3, -0.25) is 0 Å². The molecule has 2 N–H and O–H groups in total. The van der Waals surface area contributed by atoms with Crippen molar-refractivity contribution < 1.29 is 14.6 Å². The molecule has 2 aliphatic rings. The number of carbonyl (C=O) groups is 1. The van der Waals surface area contributed by atoms with Gasteiger partial charge in [-0.15, -0.1) is 0 Å². The molecule has 1 aromatic carbocycles. The van der Waals surface area contributed by atoms with Gasteiger partial charge in [0.2, 0.25) is 0 Å². The molecular weight excluding hydrogens is 218 g/mol. The molecule has 0 amide bonds. The highest BCUT2D eigenvalue weighted by molar-refractivity contribution is 5.88. The van der Waals surface area contributed by atoms with Crippen LogP contribution in [0.1, 0.15) is 41.2 Å². The van der Waals surface area contributed by atoms with Crippen LogP contribution in [0.15, 0.2) is 18.2 Å². The first-order valence-electron chi connectivity index (χ1n) is 6.00. The first kappa shape index (κ1) is 10.6. The Kier molecular flexibility index (Phi) is 2.52. The fourth-order valence-corrected chi connectivity index (χ4v) is 2.24. The Morgan fingerprint density at radius 1 is 1.35 bits per heavy atom. The molecule has 1 unspecified atom stereocenters. The first-order chi connectivity index (χ1) is 8.24. The SMILES string of the molecule is O=C(O)c1ccc2c(c1)C(NC1CC1)CCO2. The molecule has 3 rings (SSSR count). The summed E-state index contributed by atoms with van der Waals surface area (Å²) in [5.41, 5.74) is 1.32. The van der Waals surface area contributed by atoms with Gasteiger partial charge >= 0.3 is 5.97 Å². The summed E-state index contributed by atoms with van der Waals surface area (Å²) in [6, 6.07) is 5.95. The van der Waals surface area contributed by atoms with Gasteiger partial charge in [0.1, 0.15) is 5.75 Å². The van der Waals surface area contributed by atoms with Crippen LogP contribution in [0.4, 0.5) is 0 Å². The first-order valence-corrected chi connectivity index (χ1v) is 6.00. The maximum absolute atomic E-state index is 11.0. The van der Waals surface area contributed by atoms with Gasteiger partial charge in [0, 0.05) is 24.1 Å². The van der Waals surface area contributed by atoms with Gasteiger partial charge in [0.25, 0.3) is 0 Å². The van der Waals surface area contributed by atoms with E-state index < -0.39 is 5.97 Å². The van der Waals surface area contributed by atoms with Gasteiger partial charge < -0.3 is 15.2 Å². The predicted molar refractivity (Wildman–Crippen MR) is 62.4 cm³/mol. The molecule has 0 bridgehead atoms. The van der Waals surface area contributed by atoms with Crippen LogP contribution >= 0.6 is 0 Å². The van der Waals surface area contributed by atoms with Crippen molar-refractivity contribution in [3.05, 3.63) is 29.3 Å². The molecule has 1 aromatic rings. The predicted octanol–water partition coefficient (Wildman–Crippen LogP) is 1.96. The van der Waals surface area contributed by atoms with Crippen molar-refractivity contribution in [2.75, 3.05) is 6.61 Å². The Balaban J connectivity index is 1.92. The molecule has 0 saturated heterocycles. The van der Waals surface area contributed by atoms with Crippen LogP contribution in [0.25, 0.3) is 0 Å². The van der Waals surface area contributed by atoms with E-state index in [2.05, 4.69) is 5.32 Å². The summed E-state index contributed by atoms with van der Waals surface area (Å²) in [4.78, 5) is 11.0. The fraction of sp³-hybridized carbons (Fsp3) is 0.462. The molecule has 1 atom stereocenters. The van der Waals surface area contributed by atoms with E-state index in [0.717, 1.165) is 17.7 Å². The molecule has 1 fully saturated rings. The number of aromatic carboxylic acids is 1. The summed E-state index contributed by atoms with van der Waals surface area (Å²) in [5, 5.41) is 12.5. The smallest absolute Gasteiger partial charge is 0.335 e. The van der Waals surface area contributed by atoms with Crippen LogP contribution in [0, 0.1) is 0 Å². The lowest BCUT2D eigenvalue weighted by Crippen LogP contribution is -2.28. The van der Waals surface area contributed by atoms with Crippen LogP contribution in [0.3, 0.4) is 0 Å². The number of hydrogen-bond acceptors (Lipinski definition) is 3. The number of rotatable bonds is 3. The van der Waals surface area contributed by atoms with Crippen molar-refractivity contribution >= 4 is 5.97 Å². The summed E-state index contributed by atoms with van der Waals surface area (Å²) in [7, 11) is 0. The zero-order chi connectivity index (χ0) is 11.8. The number of carboxylic acid groups (broad SMARTS) is 1. The van der Waals surface area contributed by atoms with E-state index in [4.69, 9.17) is 9.84 Å². The lowest BCUT2D eigenvalue weighted by Gasteiger charge is -2.27. The molecular formula is C13H15NO3. The van der Waals surface area contributed by atoms with Crippen LogP contribution < -0.4 is 10.1 Å². The number of fused-ring (bicyclic) bond motifs is 1. The highest BCUT2D eigenvalue weighted by atomic mass is 16.5. The van der Waals surface area contributed by atoms with E-state index in [-0.39, 0.29) is 6.04 Å². The second kappa shape index (κ2) is 4.04. The Hall–Kier alpha value is -1.55. The number of nitrogens with one attached hydrogen (secondary N) is 1. The molecule has 4 nitrogen and oxygen atoms in total. The Morgan fingerprint density at radius 2 is 2.18 bits per heavy atom. The summed E-state index contributed by atoms with van der Waals surface area (Å²) in [6.07, 6.45) is 3.36. The quantitative estimate of drug-likeness (QED) is 0.838. The minimum absolute atomic E-state index is 0.241. The van der Waals surface area contributed by atoms with E-state index in [1.54, 1.807) is 18.2 Å². The van der Waals surface area contributed by atoms with Gasteiger partial charge in [-0.1, -0.05) is 0 Å². The minimum atomic E-state index is -0.886. The Bertz CT molecular complexity index is 454. The molecule has 0 radical (unpaired) electrons. The topological polar surface area (TPSA) is 58.6 Å². The van der Waals surface area contributed by atoms with Crippen molar-refractivity contribution in [2.24, 2.45) is 0 Å². The van der Waals surface area contributed by atoms with Gasteiger partial charge in [-0.25, -0.2) is 4.79 Å². The minimum Gasteiger partial charge on any atom is -0.493 e. The van der Waals surface area contributed by atoms with E-state index in [1.165, 1.54) is 12.8 Å². The third kappa shape index (κ3) is 2.13. The third-order valence-electron chi connectivity index (χ3n) is 3.31. The molecule has 1 saturated carbocycles. The van der Waals surface area contributed by atoms with E-state index >= 15 is 0 Å². The summed E-state index contributed by atoms with van der Waals surface area (Å²) < 4.78 is 5.56. The standard InChI is InChI=1S/C13H15NO3/c15-13(16)8-1-4-12-10(7-8)11(5-6-17-12)14-9-2-3-9/h1,4,7,9,11,14H,2-3,5-6H2,(H,15,16). The van der Waals surface area contributed by atoms with Crippen LogP contribution in [0.5, 0.6) is 5.75 Å². The van der Waals surface area contributed by atoms with Gasteiger partial charge in [0.05, 0.1) is 12.2 Å². The molecule has 17 heavy (non-hydrogen) atoms. The molecule has 1 aliphatic heterocycles. The lowest BCUT2D eigenvalue weighted by atomic mass is 9.98. The van der Waals surface area contributed by atoms with E-state index in [0.29, 0.717) is 18.2 Å².